The summed E-state index contributed by atoms with van der Waals surface area (Å²) in [5.74, 6) is -3.92. The van der Waals surface area contributed by atoms with Crippen LogP contribution < -0.4 is 0 Å². The van der Waals surface area contributed by atoms with Crippen molar-refractivity contribution in [1.29, 1.82) is 0 Å². The maximum atomic E-state index is 13.1. The van der Waals surface area contributed by atoms with Gasteiger partial charge >= 0.3 is 12.1 Å². The molecule has 0 aliphatic heterocycles. The van der Waals surface area contributed by atoms with Crippen molar-refractivity contribution < 1.29 is 27.5 Å². The van der Waals surface area contributed by atoms with Gasteiger partial charge in [0.1, 0.15) is 0 Å². The smallest absolute Gasteiger partial charge is 0.392 e. The van der Waals surface area contributed by atoms with Crippen molar-refractivity contribution in [3.8, 4) is 0 Å². The minimum atomic E-state index is -4.39. The number of nitrogens with zero attached hydrogens (tertiary/aromatic N) is 1. The van der Waals surface area contributed by atoms with E-state index in [0.717, 1.165) is 38.5 Å². The number of rotatable bonds is 5. The van der Waals surface area contributed by atoms with Crippen molar-refractivity contribution in [1.82, 2.24) is 4.90 Å². The van der Waals surface area contributed by atoms with Crippen LogP contribution in [0, 0.1) is 11.8 Å². The minimum absolute atomic E-state index is 0.0342. The number of hydrogen-bond acceptors (Lipinski definition) is 3. The van der Waals surface area contributed by atoms with Gasteiger partial charge in [0.15, 0.2) is 6.61 Å². The maximum Gasteiger partial charge on any atom is 0.392 e. The molecule has 4 nitrogen and oxygen atoms in total. The van der Waals surface area contributed by atoms with E-state index < -0.39 is 30.6 Å². The van der Waals surface area contributed by atoms with E-state index in [2.05, 4.69) is 0 Å². The Kier molecular flexibility index (Phi) is 5.58. The summed E-state index contributed by atoms with van der Waals surface area (Å²) in [7, 11) is 0. The van der Waals surface area contributed by atoms with Gasteiger partial charge in [0.25, 0.3) is 5.91 Å². The molecule has 25 heavy (non-hydrogen) atoms. The number of halogens is 3. The summed E-state index contributed by atoms with van der Waals surface area (Å²) in [6.07, 6.45) is 2.89. The Hall–Kier alpha value is -1.27. The number of ether oxygens (including phenoxy) is 1. The summed E-state index contributed by atoms with van der Waals surface area (Å²) >= 11 is 0. The van der Waals surface area contributed by atoms with Gasteiger partial charge in [0, 0.05) is 12.1 Å². The predicted octanol–water partition coefficient (Wildman–Crippen LogP) is 3.83. The molecule has 3 aliphatic carbocycles. The first-order valence-electron chi connectivity index (χ1n) is 9.42. The Morgan fingerprint density at radius 1 is 0.880 bits per heavy atom. The second-order valence-electron chi connectivity index (χ2n) is 7.62. The second kappa shape index (κ2) is 7.54. The number of alkyl halides is 3. The third-order valence-corrected chi connectivity index (χ3v) is 5.77. The van der Waals surface area contributed by atoms with E-state index in [1.165, 1.54) is 0 Å². The van der Waals surface area contributed by atoms with Crippen LogP contribution in [0.3, 0.4) is 0 Å². The molecule has 1 amide bonds. The van der Waals surface area contributed by atoms with Crippen LogP contribution in [0.5, 0.6) is 0 Å². The molecule has 0 saturated heterocycles. The fourth-order valence-corrected chi connectivity index (χ4v) is 4.36. The Balaban J connectivity index is 1.56. The zero-order valence-electron chi connectivity index (χ0n) is 14.4. The Bertz CT molecular complexity index is 498. The van der Waals surface area contributed by atoms with Gasteiger partial charge in [-0.15, -0.1) is 0 Å². The topological polar surface area (TPSA) is 46.6 Å². The molecule has 0 aromatic carbocycles. The number of carbonyl (C=O) groups excluding carboxylic acids is 2. The zero-order chi connectivity index (χ0) is 18.0. The third-order valence-electron chi connectivity index (χ3n) is 5.77. The van der Waals surface area contributed by atoms with Gasteiger partial charge in [-0.25, -0.2) is 0 Å². The van der Waals surface area contributed by atoms with Crippen LogP contribution >= 0.6 is 0 Å². The molecule has 0 bridgehead atoms. The molecular weight excluding hydrogens is 335 g/mol. The van der Waals surface area contributed by atoms with E-state index in [0.29, 0.717) is 12.8 Å². The lowest BCUT2D eigenvalue weighted by Gasteiger charge is -2.32. The fraction of sp³-hybridized carbons (Fsp3) is 0.889. The van der Waals surface area contributed by atoms with Gasteiger partial charge in [0.2, 0.25) is 0 Å². The third kappa shape index (κ3) is 4.47. The van der Waals surface area contributed by atoms with Crippen molar-refractivity contribution in [2.24, 2.45) is 11.8 Å². The highest BCUT2D eigenvalue weighted by atomic mass is 19.4. The standard InChI is InChI=1S/C18H26F3NO3/c19-18(20,21)15-8-4-3-7-14(15)17(24)25-11-16(23)22(13-9-10-13)12-5-1-2-6-12/h12-15H,1-11H2/t14-,15+/m1/s1. The highest BCUT2D eigenvalue weighted by molar-refractivity contribution is 5.82. The van der Waals surface area contributed by atoms with Gasteiger partial charge in [-0.1, -0.05) is 25.7 Å². The fourth-order valence-electron chi connectivity index (χ4n) is 4.36. The highest BCUT2D eigenvalue weighted by Crippen LogP contribution is 2.42. The molecule has 3 aliphatic rings. The minimum Gasteiger partial charge on any atom is -0.455 e. The van der Waals surface area contributed by atoms with Gasteiger partial charge in [0.05, 0.1) is 11.8 Å². The first-order chi connectivity index (χ1) is 11.9. The van der Waals surface area contributed by atoms with Crippen molar-refractivity contribution in [3.63, 3.8) is 0 Å². The molecule has 3 rings (SSSR count). The van der Waals surface area contributed by atoms with Crippen LogP contribution in [0.4, 0.5) is 13.2 Å². The van der Waals surface area contributed by atoms with E-state index in [-0.39, 0.29) is 30.8 Å². The molecule has 142 valence electrons. The summed E-state index contributed by atoms with van der Waals surface area (Å²) < 4.78 is 44.4. The van der Waals surface area contributed by atoms with E-state index in [9.17, 15) is 22.8 Å². The summed E-state index contributed by atoms with van der Waals surface area (Å²) in [6, 6.07) is 0.434. The largest absolute Gasteiger partial charge is 0.455 e. The monoisotopic (exact) mass is 361 g/mol. The summed E-state index contributed by atoms with van der Waals surface area (Å²) in [5, 5.41) is 0. The van der Waals surface area contributed by atoms with Crippen molar-refractivity contribution in [2.75, 3.05) is 6.61 Å². The molecule has 7 heteroatoms. The number of hydrogen-bond donors (Lipinski definition) is 0. The molecule has 0 N–H and O–H groups in total. The van der Waals surface area contributed by atoms with E-state index >= 15 is 0 Å². The first kappa shape index (κ1) is 18.5. The van der Waals surface area contributed by atoms with Gasteiger partial charge < -0.3 is 9.64 Å². The highest BCUT2D eigenvalue weighted by Gasteiger charge is 2.49. The van der Waals surface area contributed by atoms with Crippen LogP contribution in [0.1, 0.15) is 64.2 Å². The average Bonchev–Trinajstić information content (AvgIpc) is 3.26. The number of esters is 1. The molecular formula is C18H26F3NO3. The van der Waals surface area contributed by atoms with Crippen LogP contribution in [0.15, 0.2) is 0 Å². The molecule has 0 spiro atoms. The lowest BCUT2D eigenvalue weighted by atomic mass is 9.79. The van der Waals surface area contributed by atoms with Crippen molar-refractivity contribution in [3.05, 3.63) is 0 Å². The Morgan fingerprint density at radius 2 is 1.44 bits per heavy atom. The molecule has 0 radical (unpaired) electrons. The molecule has 0 unspecified atom stereocenters. The lowest BCUT2D eigenvalue weighted by Crippen LogP contribution is -2.44. The van der Waals surface area contributed by atoms with Crippen LogP contribution in [-0.2, 0) is 14.3 Å². The summed E-state index contributed by atoms with van der Waals surface area (Å²) in [6.45, 7) is -0.424. The van der Waals surface area contributed by atoms with E-state index in [1.54, 1.807) is 0 Å². The summed E-state index contributed by atoms with van der Waals surface area (Å²) in [4.78, 5) is 26.5. The first-order valence-corrected chi connectivity index (χ1v) is 9.42. The normalized spacial score (nSPS) is 28.0. The van der Waals surface area contributed by atoms with Crippen LogP contribution in [0.25, 0.3) is 0 Å². The quantitative estimate of drug-likeness (QED) is 0.699. The second-order valence-corrected chi connectivity index (χ2v) is 7.62. The van der Waals surface area contributed by atoms with Crippen molar-refractivity contribution in [2.45, 2.75) is 82.5 Å². The van der Waals surface area contributed by atoms with Crippen LogP contribution in [-0.4, -0.2) is 41.6 Å². The lowest BCUT2D eigenvalue weighted by molar-refractivity contribution is -0.205. The summed E-state index contributed by atoms with van der Waals surface area (Å²) in [5.41, 5.74) is 0. The number of carbonyl (C=O) groups is 2. The number of amides is 1. The predicted molar refractivity (Wildman–Crippen MR) is 84.6 cm³/mol. The van der Waals surface area contributed by atoms with Crippen LogP contribution in [0.2, 0.25) is 0 Å². The van der Waals surface area contributed by atoms with E-state index in [1.807, 2.05) is 4.90 Å². The molecule has 0 aromatic rings. The molecule has 3 fully saturated rings. The maximum absolute atomic E-state index is 13.1. The molecule has 2 atom stereocenters. The Labute approximate surface area is 146 Å². The Morgan fingerprint density at radius 3 is 2.04 bits per heavy atom. The van der Waals surface area contributed by atoms with Gasteiger partial charge in [-0.05, 0) is 38.5 Å². The van der Waals surface area contributed by atoms with E-state index in [4.69, 9.17) is 4.74 Å². The van der Waals surface area contributed by atoms with Crippen molar-refractivity contribution >= 4 is 11.9 Å². The van der Waals surface area contributed by atoms with Gasteiger partial charge in [-0.2, -0.15) is 13.2 Å². The molecule has 0 heterocycles. The molecule has 3 saturated carbocycles. The molecule has 0 aromatic heterocycles. The van der Waals surface area contributed by atoms with Gasteiger partial charge in [-0.3, -0.25) is 9.59 Å². The zero-order valence-corrected chi connectivity index (χ0v) is 14.4. The SMILES string of the molecule is O=C(OCC(=O)N(C1CCCC1)C1CC1)[C@@H]1CCCC[C@@H]1C(F)(F)F. The average molecular weight is 361 g/mol.